The number of aryl methyl sites for hydroxylation is 1. The molecule has 37 heavy (non-hydrogen) atoms. The molecule has 0 nitrogen and oxygen atoms in total. The molecule has 0 saturated heterocycles. The summed E-state index contributed by atoms with van der Waals surface area (Å²) in [6.45, 7) is 9.08. The average Bonchev–Trinajstić information content (AvgIpc) is 3.51. The molecule has 0 amide bonds. The maximum Gasteiger partial charge on any atom is 2.00 e. The van der Waals surface area contributed by atoms with Gasteiger partial charge in [-0.15, -0.1) is 82.1 Å². The van der Waals surface area contributed by atoms with Crippen LogP contribution in [0.2, 0.25) is 0 Å². The van der Waals surface area contributed by atoms with Crippen molar-refractivity contribution in [2.45, 2.75) is 20.8 Å². The smallest absolute Gasteiger partial charge is 1.00 e. The van der Waals surface area contributed by atoms with Gasteiger partial charge in [-0.25, -0.2) is 0 Å². The molecule has 0 radical (unpaired) electrons. The van der Waals surface area contributed by atoms with Gasteiger partial charge < -0.3 is 31.7 Å². The Hall–Kier alpha value is -2.44. The summed E-state index contributed by atoms with van der Waals surface area (Å²) in [5, 5.41) is 8.14. The Morgan fingerprint density at radius 1 is 0.784 bits per heavy atom. The number of halogens is 2. The predicted molar refractivity (Wildman–Crippen MR) is 154 cm³/mol. The summed E-state index contributed by atoms with van der Waals surface area (Å²) in [6, 6.07) is 44.5. The first-order chi connectivity index (χ1) is 16.2. The molecule has 0 saturated carbocycles. The molecule has 3 heteroatoms. The summed E-state index contributed by atoms with van der Waals surface area (Å²) < 4.78 is 0. The van der Waals surface area contributed by atoms with Crippen LogP contribution in [0, 0.1) is 19.9 Å². The Balaban J connectivity index is 0. The van der Waals surface area contributed by atoms with Crippen molar-refractivity contribution in [3.8, 4) is 0 Å². The Labute approximate surface area is 255 Å². The molecule has 6 aromatic rings. The van der Waals surface area contributed by atoms with Crippen LogP contribution in [0.25, 0.3) is 32.3 Å². The molecule has 0 bridgehead atoms. The third-order valence-corrected chi connectivity index (χ3v) is 5.20. The first-order valence-electron chi connectivity index (χ1n) is 11.2. The Morgan fingerprint density at radius 3 is 1.95 bits per heavy atom. The van der Waals surface area contributed by atoms with Gasteiger partial charge in [0, 0.05) is 0 Å². The van der Waals surface area contributed by atoms with Crippen LogP contribution >= 0.6 is 0 Å². The molecule has 0 heterocycles. The summed E-state index contributed by atoms with van der Waals surface area (Å²) in [4.78, 5) is 0. The largest absolute Gasteiger partial charge is 2.00 e. The average molecular weight is 605 g/mol. The minimum Gasteiger partial charge on any atom is -1.00 e. The van der Waals surface area contributed by atoms with Crippen molar-refractivity contribution in [1.29, 1.82) is 0 Å². The van der Waals surface area contributed by atoms with E-state index in [-0.39, 0.29) is 58.4 Å². The summed E-state index contributed by atoms with van der Waals surface area (Å²) >= 11 is 0. The molecule has 192 valence electrons. The van der Waals surface area contributed by atoms with E-state index < -0.39 is 0 Å². The van der Waals surface area contributed by atoms with Crippen LogP contribution in [0.1, 0.15) is 19.4 Å². The molecule has 6 rings (SSSR count). The second-order valence-corrected chi connectivity index (χ2v) is 7.58. The van der Waals surface area contributed by atoms with E-state index in [0.29, 0.717) is 0 Å². The summed E-state index contributed by atoms with van der Waals surface area (Å²) in [7, 11) is 0. The maximum atomic E-state index is 3.49. The van der Waals surface area contributed by atoms with Gasteiger partial charge >= 0.3 is 26.2 Å². The molecule has 0 N–H and O–H groups in total. The van der Waals surface area contributed by atoms with Gasteiger partial charge in [-0.05, 0) is 6.92 Å². The van der Waals surface area contributed by atoms with Gasteiger partial charge in [0.25, 0.3) is 0 Å². The van der Waals surface area contributed by atoms with Gasteiger partial charge in [0.1, 0.15) is 0 Å². The van der Waals surface area contributed by atoms with E-state index in [9.17, 15) is 0 Å². The number of rotatable bonds is 1. The topological polar surface area (TPSA) is 0 Å². The molecule has 6 aromatic carbocycles. The van der Waals surface area contributed by atoms with Crippen molar-refractivity contribution in [3.63, 3.8) is 0 Å². The van der Waals surface area contributed by atoms with E-state index >= 15 is 0 Å². The van der Waals surface area contributed by atoms with Crippen molar-refractivity contribution >= 4 is 32.3 Å². The molecule has 0 spiro atoms. The molecular weight excluding hydrogens is 571 g/mol. The zero-order chi connectivity index (χ0) is 23.3. The summed E-state index contributed by atoms with van der Waals surface area (Å²) in [6.07, 6.45) is 2.60. The monoisotopic (exact) mass is 602 g/mol. The predicted octanol–water partition coefficient (Wildman–Crippen LogP) is 4.10. The second kappa shape index (κ2) is 20.6. The van der Waals surface area contributed by atoms with E-state index in [1.807, 2.05) is 30.3 Å². The Morgan fingerprint density at radius 2 is 1.38 bits per heavy atom. The van der Waals surface area contributed by atoms with Gasteiger partial charge in [-0.3, -0.25) is 0 Å². The Bertz CT molecular complexity index is 1320. The fourth-order valence-electron chi connectivity index (χ4n) is 3.61. The molecular formula is C34H34Cl2Zr-4. The number of fused-ring (bicyclic) bond motifs is 4. The van der Waals surface area contributed by atoms with Crippen LogP contribution in [-0.4, -0.2) is 0 Å². The van der Waals surface area contributed by atoms with Crippen LogP contribution in [0.15, 0.2) is 134 Å². The van der Waals surface area contributed by atoms with Crippen molar-refractivity contribution in [2.75, 3.05) is 0 Å². The van der Waals surface area contributed by atoms with Crippen molar-refractivity contribution < 1.29 is 51.0 Å². The number of allylic oxidation sites excluding steroid dienone is 1. The second-order valence-electron chi connectivity index (χ2n) is 7.58. The first kappa shape index (κ1) is 36.7. The van der Waals surface area contributed by atoms with Gasteiger partial charge in [0.15, 0.2) is 0 Å². The van der Waals surface area contributed by atoms with Crippen molar-refractivity contribution in [3.05, 3.63) is 153 Å². The molecule has 0 aliphatic carbocycles. The van der Waals surface area contributed by atoms with E-state index in [1.165, 1.54) is 37.9 Å². The molecule has 0 fully saturated rings. The zero-order valence-corrected chi connectivity index (χ0v) is 24.5. The number of hydrogen-bond acceptors (Lipinski definition) is 0. The zero-order valence-electron chi connectivity index (χ0n) is 20.5. The fraction of sp³-hybridized carbons (Fsp3) is 0.0882. The van der Waals surface area contributed by atoms with Crippen molar-refractivity contribution in [2.24, 2.45) is 0 Å². The third-order valence-electron chi connectivity index (χ3n) is 5.20. The van der Waals surface area contributed by atoms with Gasteiger partial charge in [-0.2, -0.15) is 60.3 Å². The quantitative estimate of drug-likeness (QED) is 0.196. The van der Waals surface area contributed by atoms with Gasteiger partial charge in [0.2, 0.25) is 0 Å². The first-order valence-corrected chi connectivity index (χ1v) is 11.2. The van der Waals surface area contributed by atoms with Crippen LogP contribution < -0.4 is 24.8 Å². The van der Waals surface area contributed by atoms with E-state index in [1.54, 1.807) is 6.08 Å². The normalized spacial score (nSPS) is 8.70. The molecule has 0 unspecified atom stereocenters. The third kappa shape index (κ3) is 11.2. The van der Waals surface area contributed by atoms with Gasteiger partial charge in [0.05, 0.1) is 0 Å². The minimum absolute atomic E-state index is 0. The fourth-order valence-corrected chi connectivity index (χ4v) is 3.61. The molecule has 0 aliphatic heterocycles. The van der Waals surface area contributed by atoms with E-state index in [0.717, 1.165) is 6.42 Å². The number of benzene rings is 4. The SMILES string of the molecule is C.C=CC[CH2-].Cc1cccc2[cH-]c3ccccc3c12.[Cl-].[Cl-].[Zr+2].[c-]1ccccc1.c1ccc2[cH-]ccc2c1. The van der Waals surface area contributed by atoms with E-state index in [2.05, 4.69) is 117 Å². The minimum atomic E-state index is 0. The Kier molecular flexibility index (Phi) is 20.4. The summed E-state index contributed by atoms with van der Waals surface area (Å²) in [5.74, 6) is 0. The number of hydrogen-bond donors (Lipinski definition) is 0. The van der Waals surface area contributed by atoms with Crippen molar-refractivity contribution in [1.82, 2.24) is 0 Å². The van der Waals surface area contributed by atoms with Crippen LogP contribution in [0.5, 0.6) is 0 Å². The molecule has 0 atom stereocenters. The standard InChI is InChI=1S/C14H11.C9H7.C6H5.C4H7.CH4.2ClH.Zr/c1-10-5-4-7-12-9-11-6-2-3-8-13(11)14(10)12;1-2-5-9-7-3-6-8(9)4-1;1-2-4-6-5-3-1;1-3-4-2;;;;/h2-9H,1H3;1-7H;1-5H;3H,1-2,4H2;1H4;2*1H;/q4*-1;;;;+2/p-2. The van der Waals surface area contributed by atoms with Crippen LogP contribution in [0.3, 0.4) is 0 Å². The maximum absolute atomic E-state index is 3.49. The van der Waals surface area contributed by atoms with Crippen LogP contribution in [-0.2, 0) is 26.2 Å². The molecule has 0 aliphatic rings. The van der Waals surface area contributed by atoms with Gasteiger partial charge in [-0.1, -0.05) is 49.4 Å². The van der Waals surface area contributed by atoms with E-state index in [4.69, 9.17) is 0 Å². The molecule has 0 aromatic heterocycles. The summed E-state index contributed by atoms with van der Waals surface area (Å²) in [5.41, 5.74) is 1.36. The van der Waals surface area contributed by atoms with Crippen LogP contribution in [0.4, 0.5) is 0 Å².